The molecule has 60 valence electrons. The molecule has 11 heavy (non-hydrogen) atoms. The minimum absolute atomic E-state index is 0.113. The van der Waals surface area contributed by atoms with Crippen molar-refractivity contribution in [3.8, 4) is 11.5 Å². The van der Waals surface area contributed by atoms with Crippen LogP contribution < -0.4 is 0 Å². The summed E-state index contributed by atoms with van der Waals surface area (Å²) in [4.78, 5) is 0. The molecule has 0 bridgehead atoms. The van der Waals surface area contributed by atoms with Gasteiger partial charge in [-0.25, -0.2) is 0 Å². The van der Waals surface area contributed by atoms with Gasteiger partial charge in [-0.1, -0.05) is 19.4 Å². The van der Waals surface area contributed by atoms with E-state index in [1.54, 1.807) is 12.1 Å². The Morgan fingerprint density at radius 2 is 2.00 bits per heavy atom. The van der Waals surface area contributed by atoms with Crippen molar-refractivity contribution in [2.45, 2.75) is 19.8 Å². The molecule has 0 aliphatic carbocycles. The van der Waals surface area contributed by atoms with Crippen molar-refractivity contribution in [1.29, 1.82) is 0 Å². The third-order valence-electron chi connectivity index (χ3n) is 1.59. The Morgan fingerprint density at radius 1 is 1.27 bits per heavy atom. The van der Waals surface area contributed by atoms with Crippen molar-refractivity contribution in [2.75, 3.05) is 0 Å². The first-order valence-electron chi connectivity index (χ1n) is 3.75. The molecule has 1 aromatic rings. The van der Waals surface area contributed by atoms with Gasteiger partial charge in [0.1, 0.15) is 11.5 Å². The summed E-state index contributed by atoms with van der Waals surface area (Å²) in [6.07, 6.45) is 1.85. The second-order valence-electron chi connectivity index (χ2n) is 2.56. The van der Waals surface area contributed by atoms with Gasteiger partial charge in [0.05, 0.1) is 0 Å². The molecule has 0 amide bonds. The monoisotopic (exact) mass is 152 g/mol. The fourth-order valence-corrected chi connectivity index (χ4v) is 1.03. The van der Waals surface area contributed by atoms with Crippen LogP contribution in [0.25, 0.3) is 0 Å². The van der Waals surface area contributed by atoms with Crippen molar-refractivity contribution in [2.24, 2.45) is 0 Å². The summed E-state index contributed by atoms with van der Waals surface area (Å²) in [5.74, 6) is 0.300. The lowest BCUT2D eigenvalue weighted by molar-refractivity contribution is 0.445. The van der Waals surface area contributed by atoms with Crippen LogP contribution in [0.15, 0.2) is 18.2 Å². The molecule has 0 fully saturated rings. The lowest BCUT2D eigenvalue weighted by atomic mass is 10.1. The maximum atomic E-state index is 9.26. The molecule has 0 atom stereocenters. The first kappa shape index (κ1) is 7.92. The largest absolute Gasteiger partial charge is 0.508 e. The minimum Gasteiger partial charge on any atom is -0.508 e. The van der Waals surface area contributed by atoms with Gasteiger partial charge in [-0.05, 0) is 18.1 Å². The first-order chi connectivity index (χ1) is 5.24. The van der Waals surface area contributed by atoms with Gasteiger partial charge in [0.25, 0.3) is 0 Å². The maximum Gasteiger partial charge on any atom is 0.122 e. The van der Waals surface area contributed by atoms with Crippen molar-refractivity contribution in [3.05, 3.63) is 23.8 Å². The van der Waals surface area contributed by atoms with E-state index in [4.69, 9.17) is 5.11 Å². The van der Waals surface area contributed by atoms with Gasteiger partial charge < -0.3 is 10.2 Å². The minimum atomic E-state index is 0.113. The molecule has 0 aliphatic rings. The molecule has 2 N–H and O–H groups in total. The summed E-state index contributed by atoms with van der Waals surface area (Å²) >= 11 is 0. The molecule has 2 heteroatoms. The van der Waals surface area contributed by atoms with Crippen molar-refractivity contribution in [3.63, 3.8) is 0 Å². The number of aryl methyl sites for hydroxylation is 1. The van der Waals surface area contributed by atoms with Crippen LogP contribution in [0.5, 0.6) is 11.5 Å². The Kier molecular flexibility index (Phi) is 2.36. The molecule has 0 unspecified atom stereocenters. The maximum absolute atomic E-state index is 9.26. The summed E-state index contributed by atoms with van der Waals surface area (Å²) < 4.78 is 0. The normalized spacial score (nSPS) is 9.91. The van der Waals surface area contributed by atoms with Crippen molar-refractivity contribution < 1.29 is 10.2 Å². The predicted octanol–water partition coefficient (Wildman–Crippen LogP) is 2.05. The molecule has 1 aromatic carbocycles. The van der Waals surface area contributed by atoms with Crippen LogP contribution in [0.4, 0.5) is 0 Å². The predicted molar refractivity (Wildman–Crippen MR) is 43.8 cm³/mol. The second-order valence-corrected chi connectivity index (χ2v) is 2.56. The zero-order valence-corrected chi connectivity index (χ0v) is 6.54. The lowest BCUT2D eigenvalue weighted by Gasteiger charge is -2.01. The Hall–Kier alpha value is -1.18. The third kappa shape index (κ3) is 1.87. The highest BCUT2D eigenvalue weighted by Gasteiger charge is 1.99. The summed E-state index contributed by atoms with van der Waals surface area (Å²) in [6.45, 7) is 2.05. The average molecular weight is 152 g/mol. The smallest absolute Gasteiger partial charge is 0.122 e. The molecule has 0 heterocycles. The molecule has 0 spiro atoms. The fraction of sp³-hybridized carbons (Fsp3) is 0.333. The summed E-state index contributed by atoms with van der Waals surface area (Å²) in [5, 5.41) is 18.2. The van der Waals surface area contributed by atoms with E-state index >= 15 is 0 Å². The highest BCUT2D eigenvalue weighted by molar-refractivity contribution is 5.38. The fourth-order valence-electron chi connectivity index (χ4n) is 1.03. The Bertz CT molecular complexity index is 243. The van der Waals surface area contributed by atoms with Gasteiger partial charge in [-0.15, -0.1) is 0 Å². The first-order valence-corrected chi connectivity index (χ1v) is 3.75. The van der Waals surface area contributed by atoms with E-state index in [-0.39, 0.29) is 11.5 Å². The zero-order valence-electron chi connectivity index (χ0n) is 6.54. The highest BCUT2D eigenvalue weighted by Crippen LogP contribution is 2.23. The zero-order chi connectivity index (χ0) is 8.27. The molecule has 0 radical (unpaired) electrons. The lowest BCUT2D eigenvalue weighted by Crippen LogP contribution is -1.82. The Balaban J connectivity index is 2.90. The molecular weight excluding hydrogens is 140 g/mol. The summed E-state index contributed by atoms with van der Waals surface area (Å²) in [5.41, 5.74) is 0.894. The molecular formula is C9H12O2. The highest BCUT2D eigenvalue weighted by atomic mass is 16.3. The number of phenols is 2. The van der Waals surface area contributed by atoms with Crippen LogP contribution in [0.2, 0.25) is 0 Å². The standard InChI is InChI=1S/C9H12O2/c1-2-3-7-4-5-8(10)6-9(7)11/h4-6,10-11H,2-3H2,1H3. The molecule has 0 aliphatic heterocycles. The molecule has 2 nitrogen and oxygen atoms in total. The van der Waals surface area contributed by atoms with Gasteiger partial charge in [0, 0.05) is 6.07 Å². The second kappa shape index (κ2) is 3.28. The average Bonchev–Trinajstić information content (AvgIpc) is 1.95. The van der Waals surface area contributed by atoms with Crippen LogP contribution in [-0.4, -0.2) is 10.2 Å². The van der Waals surface area contributed by atoms with Gasteiger partial charge in [0.2, 0.25) is 0 Å². The SMILES string of the molecule is CCCc1ccc(O)cc1O. The van der Waals surface area contributed by atoms with Gasteiger partial charge in [0.15, 0.2) is 0 Å². The molecule has 1 rings (SSSR count). The number of rotatable bonds is 2. The number of hydrogen-bond donors (Lipinski definition) is 2. The Labute approximate surface area is 66.1 Å². The van der Waals surface area contributed by atoms with Gasteiger partial charge in [-0.2, -0.15) is 0 Å². The van der Waals surface area contributed by atoms with Crippen LogP contribution in [0.3, 0.4) is 0 Å². The van der Waals surface area contributed by atoms with Crippen LogP contribution in [0.1, 0.15) is 18.9 Å². The van der Waals surface area contributed by atoms with E-state index in [2.05, 4.69) is 0 Å². The van der Waals surface area contributed by atoms with Crippen LogP contribution in [0, 0.1) is 0 Å². The number of benzene rings is 1. The van der Waals surface area contributed by atoms with E-state index in [9.17, 15) is 5.11 Å². The van der Waals surface area contributed by atoms with E-state index in [0.29, 0.717) is 0 Å². The summed E-state index contributed by atoms with van der Waals surface area (Å²) in [7, 11) is 0. The van der Waals surface area contributed by atoms with Gasteiger partial charge >= 0.3 is 0 Å². The quantitative estimate of drug-likeness (QED) is 0.680. The van der Waals surface area contributed by atoms with Crippen molar-refractivity contribution in [1.82, 2.24) is 0 Å². The van der Waals surface area contributed by atoms with Crippen LogP contribution >= 0.6 is 0 Å². The summed E-state index contributed by atoms with van der Waals surface area (Å²) in [6, 6.07) is 4.70. The van der Waals surface area contributed by atoms with E-state index in [1.807, 2.05) is 6.92 Å². The number of aromatic hydroxyl groups is 2. The Morgan fingerprint density at radius 3 is 2.55 bits per heavy atom. The van der Waals surface area contributed by atoms with E-state index < -0.39 is 0 Å². The molecule has 0 saturated heterocycles. The van der Waals surface area contributed by atoms with Crippen LogP contribution in [-0.2, 0) is 6.42 Å². The van der Waals surface area contributed by atoms with E-state index in [1.165, 1.54) is 6.07 Å². The third-order valence-corrected chi connectivity index (χ3v) is 1.59. The topological polar surface area (TPSA) is 40.5 Å². The van der Waals surface area contributed by atoms with Gasteiger partial charge in [-0.3, -0.25) is 0 Å². The molecule has 0 saturated carbocycles. The molecule has 0 aromatic heterocycles. The number of phenolic OH excluding ortho intramolecular Hbond substituents is 2. The van der Waals surface area contributed by atoms with Crippen molar-refractivity contribution >= 4 is 0 Å². The number of hydrogen-bond acceptors (Lipinski definition) is 2. The van der Waals surface area contributed by atoms with E-state index in [0.717, 1.165) is 18.4 Å².